The van der Waals surface area contributed by atoms with Crippen LogP contribution in [-0.4, -0.2) is 22.8 Å². The summed E-state index contributed by atoms with van der Waals surface area (Å²) in [5.41, 5.74) is 1.74. The van der Waals surface area contributed by atoms with E-state index in [1.807, 2.05) is 24.3 Å². The Balaban J connectivity index is 1.31. The molecular formula is C35H53NO2. The van der Waals surface area contributed by atoms with Crippen LogP contribution in [0.1, 0.15) is 139 Å². The summed E-state index contributed by atoms with van der Waals surface area (Å²) in [5.74, 6) is 5.78. The van der Waals surface area contributed by atoms with E-state index in [2.05, 4.69) is 34.6 Å². The number of hydrogen-bond acceptors (Lipinski definition) is 2. The first-order chi connectivity index (χ1) is 18.3. The molecular weight excluding hydrogens is 466 g/mol. The number of benzene rings is 1. The summed E-state index contributed by atoms with van der Waals surface area (Å²) < 4.78 is 0. The van der Waals surface area contributed by atoms with Crippen molar-refractivity contribution in [2.24, 2.45) is 46.8 Å². The second-order valence-electron chi connectivity index (χ2n) is 13.9. The summed E-state index contributed by atoms with van der Waals surface area (Å²) in [6, 6.07) is 7.47. The smallest absolute Gasteiger partial charge is 0.261 e. The average molecular weight is 520 g/mol. The molecule has 0 spiro atoms. The minimum atomic E-state index is -0.0573. The van der Waals surface area contributed by atoms with Crippen LogP contribution in [0.5, 0.6) is 0 Å². The Morgan fingerprint density at radius 1 is 0.921 bits per heavy atom. The SMILES string of the molecule is CCCC[C@@H](CC1CCC2C(C1)C[C@H](CC)[C@@]1(C)C2CC[C@@H]1C(C)CCC)N1C(=O)c2ccccc2C1=O. The number of fused-ring (bicyclic) bond motifs is 4. The highest BCUT2D eigenvalue weighted by molar-refractivity contribution is 6.21. The topological polar surface area (TPSA) is 37.4 Å². The maximum atomic E-state index is 13.4. The molecule has 1 heterocycles. The Hall–Kier alpha value is -1.64. The number of rotatable bonds is 10. The lowest BCUT2D eigenvalue weighted by Gasteiger charge is -2.57. The Labute approximate surface area is 232 Å². The first-order valence-corrected chi connectivity index (χ1v) is 16.3. The van der Waals surface area contributed by atoms with E-state index in [0.717, 1.165) is 61.2 Å². The average Bonchev–Trinajstić information content (AvgIpc) is 3.40. The Bertz CT molecular complexity index is 966. The molecule has 38 heavy (non-hydrogen) atoms. The van der Waals surface area contributed by atoms with Gasteiger partial charge in [-0.2, -0.15) is 0 Å². The zero-order valence-corrected chi connectivity index (χ0v) is 24.9. The molecule has 0 aromatic heterocycles. The molecule has 4 aliphatic rings. The molecule has 210 valence electrons. The van der Waals surface area contributed by atoms with Crippen LogP contribution in [-0.2, 0) is 0 Å². The van der Waals surface area contributed by atoms with Crippen LogP contribution >= 0.6 is 0 Å². The highest BCUT2D eigenvalue weighted by Gasteiger charge is 2.59. The second kappa shape index (κ2) is 11.5. The van der Waals surface area contributed by atoms with Crippen LogP contribution < -0.4 is 0 Å². The minimum absolute atomic E-state index is 0.0467. The van der Waals surface area contributed by atoms with Crippen molar-refractivity contribution in [2.45, 2.75) is 124 Å². The molecule has 1 aromatic carbocycles. The van der Waals surface area contributed by atoms with Crippen molar-refractivity contribution in [1.82, 2.24) is 4.90 Å². The van der Waals surface area contributed by atoms with E-state index in [1.54, 1.807) is 4.90 Å². The number of carbonyl (C=O) groups excluding carboxylic acids is 2. The quantitative estimate of drug-likeness (QED) is 0.289. The second-order valence-corrected chi connectivity index (χ2v) is 13.9. The minimum Gasteiger partial charge on any atom is -0.271 e. The number of imide groups is 1. The lowest BCUT2D eigenvalue weighted by Crippen LogP contribution is -2.50. The van der Waals surface area contributed by atoms with E-state index in [0.29, 0.717) is 22.5 Å². The summed E-state index contributed by atoms with van der Waals surface area (Å²) in [6.07, 6.45) is 16.4. The molecule has 3 nitrogen and oxygen atoms in total. The van der Waals surface area contributed by atoms with Gasteiger partial charge in [0, 0.05) is 6.04 Å². The standard InChI is InChI=1S/C35H53NO2/c1-6-9-13-27(36-33(37)29-14-10-11-15-30(29)34(36)38)21-24-16-17-28-25(20-24)22-26(8-3)35(5)31(18-19-32(28)35)23(4)12-7-2/h10-11,14-15,23-28,31-32H,6-9,12-13,16-22H2,1-5H3/t23?,24?,25?,26-,27-,28?,31+,32?,35+/m0/s1. The fourth-order valence-electron chi connectivity index (χ4n) is 10.4. The summed E-state index contributed by atoms with van der Waals surface area (Å²) in [7, 11) is 0. The molecule has 0 N–H and O–H groups in total. The number of nitrogens with zero attached hydrogens (tertiary/aromatic N) is 1. The van der Waals surface area contributed by atoms with Crippen molar-refractivity contribution >= 4 is 11.8 Å². The number of unbranched alkanes of at least 4 members (excludes halogenated alkanes) is 1. The molecule has 2 amide bonds. The van der Waals surface area contributed by atoms with E-state index < -0.39 is 0 Å². The highest BCUT2D eigenvalue weighted by Crippen LogP contribution is 2.66. The third kappa shape index (κ3) is 4.68. The van der Waals surface area contributed by atoms with E-state index >= 15 is 0 Å². The lowest BCUT2D eigenvalue weighted by atomic mass is 9.48. The molecule has 5 rings (SSSR count). The van der Waals surface area contributed by atoms with Gasteiger partial charge in [0.05, 0.1) is 11.1 Å². The van der Waals surface area contributed by atoms with Crippen LogP contribution in [0.25, 0.3) is 0 Å². The predicted octanol–water partition coefficient (Wildman–Crippen LogP) is 9.16. The van der Waals surface area contributed by atoms with Gasteiger partial charge in [-0.05, 0) is 104 Å². The fraction of sp³-hybridized carbons (Fsp3) is 0.771. The van der Waals surface area contributed by atoms with Crippen molar-refractivity contribution in [1.29, 1.82) is 0 Å². The maximum absolute atomic E-state index is 13.4. The molecule has 3 aliphatic carbocycles. The first kappa shape index (κ1) is 27.9. The third-order valence-corrected chi connectivity index (χ3v) is 12.1. The van der Waals surface area contributed by atoms with Crippen molar-refractivity contribution in [3.8, 4) is 0 Å². The molecule has 5 unspecified atom stereocenters. The molecule has 0 saturated heterocycles. The van der Waals surface area contributed by atoms with Crippen molar-refractivity contribution in [2.75, 3.05) is 0 Å². The van der Waals surface area contributed by atoms with Crippen LogP contribution in [0.3, 0.4) is 0 Å². The molecule has 1 aromatic rings. The summed E-state index contributed by atoms with van der Waals surface area (Å²) in [5, 5.41) is 0. The fourth-order valence-corrected chi connectivity index (χ4v) is 10.4. The Morgan fingerprint density at radius 2 is 1.63 bits per heavy atom. The van der Waals surface area contributed by atoms with Gasteiger partial charge >= 0.3 is 0 Å². The monoisotopic (exact) mass is 519 g/mol. The van der Waals surface area contributed by atoms with E-state index in [9.17, 15) is 9.59 Å². The van der Waals surface area contributed by atoms with Crippen LogP contribution in [0.2, 0.25) is 0 Å². The van der Waals surface area contributed by atoms with E-state index in [-0.39, 0.29) is 17.9 Å². The molecule has 0 radical (unpaired) electrons. The van der Waals surface area contributed by atoms with Crippen LogP contribution in [0.4, 0.5) is 0 Å². The molecule has 9 atom stereocenters. The zero-order valence-electron chi connectivity index (χ0n) is 24.9. The largest absolute Gasteiger partial charge is 0.271 e. The zero-order chi connectivity index (χ0) is 27.0. The van der Waals surface area contributed by atoms with Gasteiger partial charge in [-0.1, -0.05) is 85.3 Å². The van der Waals surface area contributed by atoms with Crippen molar-refractivity contribution in [3.63, 3.8) is 0 Å². The highest BCUT2D eigenvalue weighted by atomic mass is 16.2. The third-order valence-electron chi connectivity index (χ3n) is 12.1. The molecule has 3 fully saturated rings. The molecule has 3 heteroatoms. The Morgan fingerprint density at radius 3 is 2.26 bits per heavy atom. The van der Waals surface area contributed by atoms with Gasteiger partial charge in [-0.15, -0.1) is 0 Å². The summed E-state index contributed by atoms with van der Waals surface area (Å²) in [4.78, 5) is 28.4. The van der Waals surface area contributed by atoms with Crippen molar-refractivity contribution in [3.05, 3.63) is 35.4 Å². The van der Waals surface area contributed by atoms with Gasteiger partial charge in [-0.3, -0.25) is 14.5 Å². The maximum Gasteiger partial charge on any atom is 0.261 e. The van der Waals surface area contributed by atoms with Gasteiger partial charge < -0.3 is 0 Å². The summed E-state index contributed by atoms with van der Waals surface area (Å²) >= 11 is 0. The number of carbonyl (C=O) groups is 2. The van der Waals surface area contributed by atoms with Crippen LogP contribution in [0.15, 0.2) is 24.3 Å². The molecule has 0 bridgehead atoms. The predicted molar refractivity (Wildman–Crippen MR) is 156 cm³/mol. The van der Waals surface area contributed by atoms with E-state index in [4.69, 9.17) is 0 Å². The summed E-state index contributed by atoms with van der Waals surface area (Å²) in [6.45, 7) is 12.3. The lowest BCUT2D eigenvalue weighted by molar-refractivity contribution is -0.0814. The van der Waals surface area contributed by atoms with Gasteiger partial charge in [-0.25, -0.2) is 0 Å². The van der Waals surface area contributed by atoms with Crippen molar-refractivity contribution < 1.29 is 9.59 Å². The Kier molecular flexibility index (Phi) is 8.42. The van der Waals surface area contributed by atoms with Gasteiger partial charge in [0.15, 0.2) is 0 Å². The molecule has 1 aliphatic heterocycles. The van der Waals surface area contributed by atoms with Gasteiger partial charge in [0.2, 0.25) is 0 Å². The number of hydrogen-bond donors (Lipinski definition) is 0. The molecule has 3 saturated carbocycles. The number of amides is 2. The van der Waals surface area contributed by atoms with Gasteiger partial charge in [0.1, 0.15) is 0 Å². The normalized spacial score (nSPS) is 36.1. The van der Waals surface area contributed by atoms with E-state index in [1.165, 1.54) is 57.8 Å². The first-order valence-electron chi connectivity index (χ1n) is 16.3. The van der Waals surface area contributed by atoms with Crippen LogP contribution in [0, 0.1) is 46.8 Å². The van der Waals surface area contributed by atoms with Gasteiger partial charge in [0.25, 0.3) is 11.8 Å².